The minimum Gasteiger partial charge on any atom is -0.477 e. The lowest BCUT2D eigenvalue weighted by molar-refractivity contribution is -0.139. The van der Waals surface area contributed by atoms with Crippen molar-refractivity contribution in [3.05, 3.63) is 47.7 Å². The number of rotatable bonds is 6. The molecule has 2 heterocycles. The topological polar surface area (TPSA) is 86.1 Å². The number of ether oxygens (including phenoxy) is 1. The number of allylic oxidation sites excluding steroid dienone is 5. The van der Waals surface area contributed by atoms with E-state index in [1.807, 2.05) is 24.3 Å². The standard InChI is InChI=1S/C20H26F3N3O3/c1-19(2,18(27)28)11-29-16-8-7-14(9-24-16)12-3-5-13(6-4-12)17-25-10-15(26-17)20(21,22)23/h3-5,8-10,13-14,17-18,25-28H,6-7,11H2,1-2H3/t13?,14-,17?/m1/s1. The van der Waals surface area contributed by atoms with Crippen LogP contribution in [-0.2, 0) is 4.74 Å². The van der Waals surface area contributed by atoms with Gasteiger partial charge in [0.2, 0.25) is 5.88 Å². The average molecular weight is 413 g/mol. The maximum absolute atomic E-state index is 12.7. The maximum atomic E-state index is 12.7. The number of aliphatic hydroxyl groups is 2. The van der Waals surface area contributed by atoms with Gasteiger partial charge in [0.1, 0.15) is 11.9 Å². The summed E-state index contributed by atoms with van der Waals surface area (Å²) in [7, 11) is 0. The summed E-state index contributed by atoms with van der Waals surface area (Å²) < 4.78 is 43.8. The lowest BCUT2D eigenvalue weighted by Crippen LogP contribution is -2.41. The van der Waals surface area contributed by atoms with Crippen LogP contribution in [0.4, 0.5) is 13.2 Å². The molecule has 9 heteroatoms. The fraction of sp³-hybridized carbons (Fsp3) is 0.550. The minimum absolute atomic E-state index is 0.0735. The van der Waals surface area contributed by atoms with Crippen LogP contribution in [0.25, 0.3) is 0 Å². The highest BCUT2D eigenvalue weighted by Gasteiger charge is 2.39. The summed E-state index contributed by atoms with van der Waals surface area (Å²) in [6.45, 7) is 3.49. The van der Waals surface area contributed by atoms with Crippen LogP contribution in [0, 0.1) is 17.3 Å². The third-order valence-electron chi connectivity index (χ3n) is 5.26. The number of hydrogen-bond acceptors (Lipinski definition) is 6. The second-order valence-electron chi connectivity index (χ2n) is 8.12. The zero-order valence-corrected chi connectivity index (χ0v) is 16.3. The number of nitrogens with one attached hydrogen (secondary N) is 2. The fourth-order valence-corrected chi connectivity index (χ4v) is 3.15. The van der Waals surface area contributed by atoms with Crippen LogP contribution in [0.15, 0.2) is 52.6 Å². The Morgan fingerprint density at radius 2 is 2.00 bits per heavy atom. The van der Waals surface area contributed by atoms with E-state index in [1.54, 1.807) is 20.1 Å². The van der Waals surface area contributed by atoms with Gasteiger partial charge in [-0.1, -0.05) is 32.1 Å². The molecule has 160 valence electrons. The van der Waals surface area contributed by atoms with Crippen LogP contribution in [0.1, 0.15) is 26.7 Å². The first kappa shape index (κ1) is 21.4. The lowest BCUT2D eigenvalue weighted by atomic mass is 9.87. The minimum atomic E-state index is -4.38. The summed E-state index contributed by atoms with van der Waals surface area (Å²) in [5.41, 5.74) is -0.493. The van der Waals surface area contributed by atoms with Gasteiger partial charge in [-0.15, -0.1) is 0 Å². The van der Waals surface area contributed by atoms with E-state index in [0.29, 0.717) is 18.7 Å². The van der Waals surface area contributed by atoms with E-state index in [4.69, 9.17) is 4.74 Å². The fourth-order valence-electron chi connectivity index (χ4n) is 3.15. The number of alkyl halides is 3. The summed E-state index contributed by atoms with van der Waals surface area (Å²) >= 11 is 0. The molecule has 3 aliphatic rings. The molecule has 0 aromatic heterocycles. The molecule has 1 aliphatic carbocycles. The van der Waals surface area contributed by atoms with Crippen molar-refractivity contribution in [2.24, 2.45) is 22.2 Å². The molecule has 0 fully saturated rings. The van der Waals surface area contributed by atoms with Crippen molar-refractivity contribution in [3.63, 3.8) is 0 Å². The van der Waals surface area contributed by atoms with Crippen molar-refractivity contribution in [2.75, 3.05) is 6.61 Å². The smallest absolute Gasteiger partial charge is 0.432 e. The molecule has 2 aliphatic heterocycles. The predicted molar refractivity (Wildman–Crippen MR) is 102 cm³/mol. The molecule has 29 heavy (non-hydrogen) atoms. The van der Waals surface area contributed by atoms with Crippen LogP contribution in [0.3, 0.4) is 0 Å². The van der Waals surface area contributed by atoms with Gasteiger partial charge in [0.25, 0.3) is 0 Å². The van der Waals surface area contributed by atoms with E-state index < -0.39 is 29.7 Å². The molecule has 0 aromatic carbocycles. The maximum Gasteiger partial charge on any atom is 0.432 e. The monoisotopic (exact) mass is 413 g/mol. The van der Waals surface area contributed by atoms with E-state index in [1.165, 1.54) is 0 Å². The Bertz CT molecular complexity index is 767. The van der Waals surface area contributed by atoms with E-state index in [-0.39, 0.29) is 18.4 Å². The summed E-state index contributed by atoms with van der Waals surface area (Å²) in [4.78, 5) is 4.30. The van der Waals surface area contributed by atoms with Crippen LogP contribution in [0.5, 0.6) is 0 Å². The number of aliphatic hydroxyl groups excluding tert-OH is 1. The summed E-state index contributed by atoms with van der Waals surface area (Å²) in [6, 6.07) is 0. The highest BCUT2D eigenvalue weighted by atomic mass is 19.4. The van der Waals surface area contributed by atoms with Crippen molar-refractivity contribution < 1.29 is 28.1 Å². The molecule has 2 unspecified atom stereocenters. The molecule has 0 aromatic rings. The second kappa shape index (κ2) is 8.23. The normalized spacial score (nSPS) is 27.2. The molecule has 0 saturated carbocycles. The average Bonchev–Trinajstić information content (AvgIpc) is 3.18. The Hall–Kier alpha value is -2.26. The quantitative estimate of drug-likeness (QED) is 0.503. The second-order valence-corrected chi connectivity index (χ2v) is 8.12. The lowest BCUT2D eigenvalue weighted by Gasteiger charge is -2.28. The van der Waals surface area contributed by atoms with E-state index in [9.17, 15) is 23.4 Å². The Kier molecular flexibility index (Phi) is 6.09. The Morgan fingerprint density at radius 1 is 1.24 bits per heavy atom. The Morgan fingerprint density at radius 3 is 2.52 bits per heavy atom. The molecule has 0 amide bonds. The van der Waals surface area contributed by atoms with Crippen LogP contribution >= 0.6 is 0 Å². The summed E-state index contributed by atoms with van der Waals surface area (Å²) in [5.74, 6) is 0.430. The number of aliphatic imine (C=N–C) groups is 1. The van der Waals surface area contributed by atoms with Crippen LogP contribution in [0.2, 0.25) is 0 Å². The molecular formula is C20H26F3N3O3. The van der Waals surface area contributed by atoms with Gasteiger partial charge in [-0.2, -0.15) is 13.2 Å². The largest absolute Gasteiger partial charge is 0.477 e. The van der Waals surface area contributed by atoms with Gasteiger partial charge in [-0.3, -0.25) is 0 Å². The molecule has 0 spiro atoms. The van der Waals surface area contributed by atoms with Gasteiger partial charge >= 0.3 is 6.18 Å². The summed E-state index contributed by atoms with van der Waals surface area (Å²) in [6.07, 6.45) is 5.45. The Labute approximate surface area is 167 Å². The van der Waals surface area contributed by atoms with Crippen molar-refractivity contribution in [1.82, 2.24) is 10.6 Å². The number of hydrogen-bond donors (Lipinski definition) is 4. The van der Waals surface area contributed by atoms with Crippen molar-refractivity contribution >= 4 is 6.21 Å². The van der Waals surface area contributed by atoms with Gasteiger partial charge in [0.15, 0.2) is 6.29 Å². The highest BCUT2D eigenvalue weighted by molar-refractivity contribution is 5.69. The first-order valence-corrected chi connectivity index (χ1v) is 9.48. The first-order chi connectivity index (χ1) is 13.6. The molecule has 0 bridgehead atoms. The van der Waals surface area contributed by atoms with Gasteiger partial charge in [0, 0.05) is 29.7 Å². The van der Waals surface area contributed by atoms with Gasteiger partial charge < -0.3 is 25.6 Å². The van der Waals surface area contributed by atoms with Crippen LogP contribution in [-0.4, -0.2) is 41.7 Å². The van der Waals surface area contributed by atoms with Gasteiger partial charge in [0.05, 0.1) is 6.61 Å². The third kappa shape index (κ3) is 5.22. The number of halogens is 3. The van der Waals surface area contributed by atoms with E-state index >= 15 is 0 Å². The van der Waals surface area contributed by atoms with Gasteiger partial charge in [-0.25, -0.2) is 4.99 Å². The predicted octanol–water partition coefficient (Wildman–Crippen LogP) is 2.70. The molecule has 3 rings (SSSR count). The SMILES string of the molecule is CC(C)(COC1=CC[C@@H](C2=CCC(C3NC=C(C(F)(F)F)N3)C=C2)C=N1)C(O)O. The molecular weight excluding hydrogens is 387 g/mol. The van der Waals surface area contributed by atoms with Crippen molar-refractivity contribution in [3.8, 4) is 0 Å². The Balaban J connectivity index is 1.48. The van der Waals surface area contributed by atoms with E-state index in [0.717, 1.165) is 11.8 Å². The molecule has 6 nitrogen and oxygen atoms in total. The molecule has 0 saturated heterocycles. The van der Waals surface area contributed by atoms with Crippen molar-refractivity contribution in [1.29, 1.82) is 0 Å². The third-order valence-corrected chi connectivity index (χ3v) is 5.26. The number of nitrogens with zero attached hydrogens (tertiary/aromatic N) is 1. The zero-order chi connectivity index (χ0) is 21.2. The molecule has 4 N–H and O–H groups in total. The van der Waals surface area contributed by atoms with Crippen LogP contribution < -0.4 is 10.6 Å². The van der Waals surface area contributed by atoms with Gasteiger partial charge in [-0.05, 0) is 24.5 Å². The van der Waals surface area contributed by atoms with Crippen molar-refractivity contribution in [2.45, 2.75) is 45.3 Å². The highest BCUT2D eigenvalue weighted by Crippen LogP contribution is 2.31. The first-order valence-electron chi connectivity index (χ1n) is 9.48. The zero-order valence-electron chi connectivity index (χ0n) is 16.3. The van der Waals surface area contributed by atoms with E-state index in [2.05, 4.69) is 15.6 Å². The molecule has 3 atom stereocenters. The molecule has 0 radical (unpaired) electrons. The summed E-state index contributed by atoms with van der Waals surface area (Å²) in [5, 5.41) is 23.9.